The zero-order valence-electron chi connectivity index (χ0n) is 8.38. The number of hydrogen-bond donors (Lipinski definition) is 0. The topological polar surface area (TPSA) is 22.1 Å². The molecule has 1 aromatic heterocycles. The first kappa shape index (κ1) is 12.0. The van der Waals surface area contributed by atoms with Crippen LogP contribution in [0.25, 0.3) is 10.9 Å². The van der Waals surface area contributed by atoms with Crippen LogP contribution in [0.3, 0.4) is 0 Å². The van der Waals surface area contributed by atoms with Crippen LogP contribution in [0.1, 0.15) is 5.56 Å². The van der Waals surface area contributed by atoms with Crippen LogP contribution in [0, 0.1) is 6.92 Å². The van der Waals surface area contributed by atoms with Gasteiger partial charge in [0.2, 0.25) is 0 Å². The van der Waals surface area contributed by atoms with Gasteiger partial charge in [-0.15, -0.1) is 13.2 Å². The minimum absolute atomic E-state index is 0.123. The zero-order valence-corrected chi connectivity index (χ0v) is 9.14. The highest BCUT2D eigenvalue weighted by molar-refractivity contribution is 6.32. The highest BCUT2D eigenvalue weighted by atomic mass is 35.5. The summed E-state index contributed by atoms with van der Waals surface area (Å²) >= 11 is 5.69. The van der Waals surface area contributed by atoms with Gasteiger partial charge in [0.05, 0.1) is 10.5 Å². The number of pyridine rings is 1. The number of rotatable bonds is 1. The van der Waals surface area contributed by atoms with Crippen molar-refractivity contribution in [1.82, 2.24) is 4.98 Å². The molecule has 0 bridgehead atoms. The minimum Gasteiger partial charge on any atom is -0.404 e. The van der Waals surface area contributed by atoms with Crippen LogP contribution in [0.2, 0.25) is 5.02 Å². The Balaban J connectivity index is 2.52. The quantitative estimate of drug-likeness (QED) is 0.774. The second-order valence-electron chi connectivity index (χ2n) is 3.37. The highest BCUT2D eigenvalue weighted by Crippen LogP contribution is 2.33. The average molecular weight is 261 g/mol. The Labute approximate surface area is 100.0 Å². The van der Waals surface area contributed by atoms with E-state index < -0.39 is 12.1 Å². The van der Waals surface area contributed by atoms with Gasteiger partial charge in [-0.1, -0.05) is 11.6 Å². The Morgan fingerprint density at radius 2 is 1.94 bits per heavy atom. The lowest BCUT2D eigenvalue weighted by atomic mass is 10.2. The Bertz CT molecular complexity index is 568. The molecule has 0 aliphatic heterocycles. The van der Waals surface area contributed by atoms with Gasteiger partial charge in [-0.2, -0.15) is 0 Å². The lowest BCUT2D eigenvalue weighted by molar-refractivity contribution is -0.274. The zero-order chi connectivity index (χ0) is 12.6. The molecule has 2 rings (SSSR count). The predicted octanol–water partition coefficient (Wildman–Crippen LogP) is 3.97. The Morgan fingerprint density at radius 1 is 1.24 bits per heavy atom. The van der Waals surface area contributed by atoms with Gasteiger partial charge in [-0.3, -0.25) is 4.98 Å². The molecule has 0 spiro atoms. The van der Waals surface area contributed by atoms with Crippen LogP contribution < -0.4 is 4.74 Å². The van der Waals surface area contributed by atoms with Gasteiger partial charge < -0.3 is 4.74 Å². The van der Waals surface area contributed by atoms with Crippen molar-refractivity contribution in [2.75, 3.05) is 0 Å². The van der Waals surface area contributed by atoms with Crippen LogP contribution in [-0.4, -0.2) is 11.3 Å². The molecule has 0 aliphatic carbocycles. The van der Waals surface area contributed by atoms with Gasteiger partial charge in [-0.05, 0) is 24.6 Å². The fourth-order valence-corrected chi connectivity index (χ4v) is 1.59. The third-order valence-electron chi connectivity index (χ3n) is 2.02. The molecule has 0 unspecified atom stereocenters. The Hall–Kier alpha value is -1.49. The fraction of sp³-hybridized carbons (Fsp3) is 0.0909. The molecule has 0 saturated carbocycles. The van der Waals surface area contributed by atoms with Crippen molar-refractivity contribution >= 4 is 22.5 Å². The summed E-state index contributed by atoms with van der Waals surface area (Å²) in [6.07, 6.45) is -3.32. The van der Waals surface area contributed by atoms with Crippen LogP contribution in [0.4, 0.5) is 13.2 Å². The van der Waals surface area contributed by atoms with E-state index >= 15 is 0 Å². The molecule has 2 nitrogen and oxygen atoms in total. The molecule has 0 N–H and O–H groups in total. The van der Waals surface area contributed by atoms with E-state index in [-0.39, 0.29) is 5.02 Å². The lowest BCUT2D eigenvalue weighted by Gasteiger charge is -2.11. The molecule has 17 heavy (non-hydrogen) atoms. The smallest absolute Gasteiger partial charge is 0.404 e. The van der Waals surface area contributed by atoms with E-state index in [0.717, 1.165) is 6.07 Å². The molecule has 1 heterocycles. The number of aromatic nitrogens is 1. The summed E-state index contributed by atoms with van der Waals surface area (Å²) in [6.45, 7) is 3.67. The van der Waals surface area contributed by atoms with E-state index in [9.17, 15) is 13.2 Å². The van der Waals surface area contributed by atoms with E-state index in [0.29, 0.717) is 16.5 Å². The van der Waals surface area contributed by atoms with Crippen molar-refractivity contribution in [2.45, 2.75) is 6.36 Å². The first-order valence-corrected chi connectivity index (χ1v) is 4.90. The number of hydrogen-bond acceptors (Lipinski definition) is 2. The summed E-state index contributed by atoms with van der Waals surface area (Å²) in [4.78, 5) is 3.94. The standard InChI is InChI=1S/C11H6ClF3NO/c1-6-2-7-3-8(12)10(17-11(13,14)15)4-9(7)16-5-6/h2-5H,1H2. The van der Waals surface area contributed by atoms with Gasteiger partial charge in [0, 0.05) is 17.6 Å². The SMILES string of the molecule is [CH2]c1cnc2cc(OC(F)(F)F)c(Cl)cc2c1. The third kappa shape index (κ3) is 2.79. The number of benzene rings is 1. The molecular formula is C11H6ClF3NO. The van der Waals surface area contributed by atoms with Crippen molar-refractivity contribution < 1.29 is 17.9 Å². The molecule has 2 aromatic rings. The monoisotopic (exact) mass is 260 g/mol. The molecule has 0 fully saturated rings. The summed E-state index contributed by atoms with van der Waals surface area (Å²) in [6, 6.07) is 4.18. The molecule has 6 heteroatoms. The van der Waals surface area contributed by atoms with E-state index in [1.54, 1.807) is 6.07 Å². The van der Waals surface area contributed by atoms with E-state index in [4.69, 9.17) is 11.6 Å². The first-order chi connectivity index (χ1) is 7.85. The summed E-state index contributed by atoms with van der Waals surface area (Å²) in [7, 11) is 0. The van der Waals surface area contributed by atoms with Gasteiger partial charge in [-0.25, -0.2) is 0 Å². The maximum Gasteiger partial charge on any atom is 0.573 e. The van der Waals surface area contributed by atoms with Crippen molar-refractivity contribution in [3.63, 3.8) is 0 Å². The normalized spacial score (nSPS) is 11.8. The second-order valence-corrected chi connectivity index (χ2v) is 3.77. The summed E-state index contributed by atoms with van der Waals surface area (Å²) in [5, 5.41) is 0.485. The maximum atomic E-state index is 12.1. The van der Waals surface area contributed by atoms with E-state index in [1.807, 2.05) is 0 Å². The minimum atomic E-state index is -4.77. The molecule has 0 aliphatic rings. The van der Waals surface area contributed by atoms with Gasteiger partial charge in [0.15, 0.2) is 0 Å². The van der Waals surface area contributed by atoms with Crippen LogP contribution in [0.15, 0.2) is 24.4 Å². The molecule has 0 amide bonds. The maximum absolute atomic E-state index is 12.1. The number of nitrogens with zero attached hydrogens (tertiary/aromatic N) is 1. The molecule has 0 saturated heterocycles. The van der Waals surface area contributed by atoms with E-state index in [2.05, 4.69) is 16.6 Å². The van der Waals surface area contributed by atoms with Crippen molar-refractivity contribution in [1.29, 1.82) is 0 Å². The number of halogens is 4. The highest BCUT2D eigenvalue weighted by Gasteiger charge is 2.32. The summed E-state index contributed by atoms with van der Waals surface area (Å²) in [5.41, 5.74) is 1.01. The second kappa shape index (κ2) is 4.07. The molecule has 89 valence electrons. The number of fused-ring (bicyclic) bond motifs is 1. The summed E-state index contributed by atoms with van der Waals surface area (Å²) < 4.78 is 40.0. The van der Waals surface area contributed by atoms with Gasteiger partial charge >= 0.3 is 6.36 Å². The van der Waals surface area contributed by atoms with E-state index in [1.165, 1.54) is 12.3 Å². The van der Waals surface area contributed by atoms with Crippen LogP contribution >= 0.6 is 11.6 Å². The van der Waals surface area contributed by atoms with Gasteiger partial charge in [0.25, 0.3) is 0 Å². The fourth-order valence-electron chi connectivity index (χ4n) is 1.38. The number of alkyl halides is 3. The number of ether oxygens (including phenoxy) is 1. The molecule has 1 aromatic carbocycles. The lowest BCUT2D eigenvalue weighted by Crippen LogP contribution is -2.17. The van der Waals surface area contributed by atoms with Crippen molar-refractivity contribution in [3.05, 3.63) is 41.9 Å². The Morgan fingerprint density at radius 3 is 2.59 bits per heavy atom. The molecule has 1 radical (unpaired) electrons. The Kier molecular flexibility index (Phi) is 2.87. The predicted molar refractivity (Wildman–Crippen MR) is 57.9 cm³/mol. The van der Waals surface area contributed by atoms with Crippen LogP contribution in [-0.2, 0) is 0 Å². The van der Waals surface area contributed by atoms with Crippen LogP contribution in [0.5, 0.6) is 5.75 Å². The van der Waals surface area contributed by atoms with Crippen molar-refractivity contribution in [3.8, 4) is 5.75 Å². The molecular weight excluding hydrogens is 255 g/mol. The average Bonchev–Trinajstić information content (AvgIpc) is 2.17. The third-order valence-corrected chi connectivity index (χ3v) is 2.31. The largest absolute Gasteiger partial charge is 0.573 e. The first-order valence-electron chi connectivity index (χ1n) is 4.52. The van der Waals surface area contributed by atoms with Crippen molar-refractivity contribution in [2.24, 2.45) is 0 Å². The van der Waals surface area contributed by atoms with Gasteiger partial charge in [0.1, 0.15) is 5.75 Å². The molecule has 0 atom stereocenters. The summed E-state index contributed by atoms with van der Waals surface area (Å²) in [5.74, 6) is -0.462.